The number of hydrogen-bond donors (Lipinski definition) is 0. The Labute approximate surface area is 572 Å². The molecule has 0 unspecified atom stereocenters. The van der Waals surface area contributed by atoms with E-state index in [1.165, 1.54) is 23.2 Å². The van der Waals surface area contributed by atoms with Gasteiger partial charge in [-0.25, -0.2) is 4.39 Å². The molecule has 1 amide bonds. The average Bonchev–Trinajstić information content (AvgIpc) is 1.61. The van der Waals surface area contributed by atoms with Crippen LogP contribution in [0.25, 0.3) is 69.3 Å². The third-order valence-electron chi connectivity index (χ3n) is 15.9. The molecule has 24 heteroatoms. The van der Waals surface area contributed by atoms with E-state index in [-0.39, 0.29) is 27.7 Å². The molecule has 0 bridgehead atoms. The molecule has 0 aliphatic heterocycles. The second-order valence-electron chi connectivity index (χ2n) is 26.9. The zero-order valence-corrected chi connectivity index (χ0v) is 61.1. The monoisotopic (exact) mass is 1350 g/mol. The van der Waals surface area contributed by atoms with Gasteiger partial charge in [0.25, 0.3) is 5.91 Å². The van der Waals surface area contributed by atoms with Gasteiger partial charge >= 0.3 is 0 Å². The molecule has 0 aliphatic rings. The van der Waals surface area contributed by atoms with E-state index in [1.807, 2.05) is 83.8 Å². The van der Waals surface area contributed by atoms with E-state index in [4.69, 9.17) is 29.5 Å². The molecule has 9 aromatic heterocycles. The molecule has 20 nitrogen and oxygen atoms in total. The summed E-state index contributed by atoms with van der Waals surface area (Å²) in [4.78, 5) is 24.5. The van der Waals surface area contributed by atoms with Crippen LogP contribution in [0.1, 0.15) is 124 Å². The van der Waals surface area contributed by atoms with Crippen LogP contribution in [0.3, 0.4) is 0 Å². The van der Waals surface area contributed by atoms with Gasteiger partial charge in [0.2, 0.25) is 0 Å². The zero-order valence-electron chi connectivity index (χ0n) is 58.7. The lowest BCUT2D eigenvalue weighted by atomic mass is 9.91. The quantitative estimate of drug-likeness (QED) is 0.0942. The van der Waals surface area contributed by atoms with Crippen LogP contribution in [0.5, 0.6) is 17.2 Å². The molecule has 0 saturated carbocycles. The van der Waals surface area contributed by atoms with Crippen molar-refractivity contribution in [1.29, 1.82) is 0 Å². The summed E-state index contributed by atoms with van der Waals surface area (Å²) in [6.07, 6.45) is 6.39. The largest absolute Gasteiger partial charge is 0.496 e. The Kier molecular flexibility index (Phi) is 20.1. The van der Waals surface area contributed by atoms with E-state index < -0.39 is 5.82 Å². The summed E-state index contributed by atoms with van der Waals surface area (Å²) < 4.78 is 36.6. The van der Waals surface area contributed by atoms with Crippen LogP contribution in [0, 0.1) is 12.7 Å². The summed E-state index contributed by atoms with van der Waals surface area (Å²) in [6.45, 7) is 26.5. The van der Waals surface area contributed by atoms with E-state index >= 15 is 0 Å². The van der Waals surface area contributed by atoms with Gasteiger partial charge in [0, 0.05) is 107 Å². The van der Waals surface area contributed by atoms with Crippen molar-refractivity contribution in [2.45, 2.75) is 99.3 Å². The third-order valence-corrected chi connectivity index (χ3v) is 19.5. The van der Waals surface area contributed by atoms with Crippen LogP contribution in [-0.4, -0.2) is 147 Å². The number of ether oxygens (including phenoxy) is 3. The topological polar surface area (TPSA) is 187 Å². The number of rotatable bonds is 15. The van der Waals surface area contributed by atoms with Crippen LogP contribution in [0.4, 0.5) is 19.4 Å². The van der Waals surface area contributed by atoms with Crippen LogP contribution in [0.15, 0.2) is 91.0 Å². The van der Waals surface area contributed by atoms with Crippen molar-refractivity contribution in [3.8, 4) is 51.4 Å². The smallest absolute Gasteiger partial charge is 0.253 e. The number of methoxy groups -OCH3 is 3. The van der Waals surface area contributed by atoms with E-state index in [2.05, 4.69) is 176 Å². The van der Waals surface area contributed by atoms with Crippen molar-refractivity contribution < 1.29 is 23.4 Å². The predicted octanol–water partition coefficient (Wildman–Crippen LogP) is 12.2. The van der Waals surface area contributed by atoms with Crippen LogP contribution >= 0.6 is 34.0 Å². The first kappa shape index (κ1) is 69.4. The molecule has 0 N–H and O–H groups in total. The van der Waals surface area contributed by atoms with Crippen molar-refractivity contribution in [2.75, 3.05) is 91.4 Å². The second kappa shape index (κ2) is 27.8. The number of fused-ring (bicyclic) bond motifs is 3. The highest BCUT2D eigenvalue weighted by Gasteiger charge is 2.30. The molecule has 12 rings (SSSR count). The highest BCUT2D eigenvalue weighted by Crippen LogP contribution is 2.36. The summed E-state index contributed by atoms with van der Waals surface area (Å²) in [5, 5.41) is 47.8. The first-order chi connectivity index (χ1) is 45.5. The lowest BCUT2D eigenvalue weighted by molar-refractivity contribution is 0.0773. The molecular formula is C72H85FN16O4S3. The molecule has 0 spiro atoms. The first-order valence-corrected chi connectivity index (χ1v) is 34.0. The second-order valence-corrected chi connectivity index (χ2v) is 30.2. The summed E-state index contributed by atoms with van der Waals surface area (Å²) in [6, 6.07) is 28.8. The van der Waals surface area contributed by atoms with Crippen molar-refractivity contribution >= 4 is 90.1 Å². The maximum Gasteiger partial charge on any atom is 0.253 e. The minimum Gasteiger partial charge on any atom is -0.496 e. The normalized spacial score (nSPS) is 12.6. The van der Waals surface area contributed by atoms with Crippen molar-refractivity contribution in [1.82, 2.24) is 64.3 Å². The number of benzene rings is 3. The van der Waals surface area contributed by atoms with Crippen molar-refractivity contribution in [3.05, 3.63) is 155 Å². The molecular weight excluding hydrogens is 1270 g/mol. The highest BCUT2D eigenvalue weighted by atomic mass is 32.1. The lowest BCUT2D eigenvalue weighted by Crippen LogP contribution is -2.30. The van der Waals surface area contributed by atoms with Gasteiger partial charge in [-0.1, -0.05) is 74.4 Å². The molecule has 0 saturated heterocycles. The maximum atomic E-state index is 14.7. The molecule has 96 heavy (non-hydrogen) atoms. The fourth-order valence-electron chi connectivity index (χ4n) is 11.0. The predicted molar refractivity (Wildman–Crippen MR) is 389 cm³/mol. The van der Waals surface area contributed by atoms with Gasteiger partial charge in [0.1, 0.15) is 23.1 Å². The highest BCUT2D eigenvalue weighted by molar-refractivity contribution is 7.17. The number of aryl methyl sites for hydroxylation is 1. The number of hydrogen-bond acceptors (Lipinski definition) is 19. The Morgan fingerprint density at radius 2 is 0.896 bits per heavy atom. The number of anilines is 3. The van der Waals surface area contributed by atoms with E-state index in [1.54, 1.807) is 80.4 Å². The number of aromatic nitrogens is 12. The Morgan fingerprint density at radius 3 is 1.28 bits per heavy atom. The summed E-state index contributed by atoms with van der Waals surface area (Å²) >= 11 is 5.14. The van der Waals surface area contributed by atoms with Crippen molar-refractivity contribution in [2.24, 2.45) is 0 Å². The number of nitrogens with zero attached hydrogens (tertiary/aromatic N) is 16. The van der Waals surface area contributed by atoms with E-state index in [0.717, 1.165) is 74.9 Å². The summed E-state index contributed by atoms with van der Waals surface area (Å²) in [7, 11) is 17.0. The van der Waals surface area contributed by atoms with Crippen molar-refractivity contribution in [3.63, 3.8) is 0 Å². The number of thiophene rings is 3. The van der Waals surface area contributed by atoms with Crippen LogP contribution < -0.4 is 44.6 Å². The molecule has 0 radical (unpaired) electrons. The molecule has 9 heterocycles. The van der Waals surface area contributed by atoms with Gasteiger partial charge in [-0.05, 0) is 123 Å². The molecule has 12 aromatic rings. The Balaban J connectivity index is 0.000000157. The molecule has 0 fully saturated rings. The first-order valence-electron chi connectivity index (χ1n) is 31.6. The zero-order chi connectivity index (χ0) is 69.5. The van der Waals surface area contributed by atoms with Gasteiger partial charge < -0.3 is 33.8 Å². The summed E-state index contributed by atoms with van der Waals surface area (Å²) in [5.74, 6) is 2.87. The number of carbonyl (C=O) groups excluding carboxylic acids is 1. The standard InChI is InChI=1S/C27H34N6O2S.C23H27N5OS.C22H24FN5OS/c1-9-32(10-2)26(34)17-11-13-21(35-8)19(15-17)24-28-29-25-20(23(27(3,4)5)30-33(24)25)16-18-12-14-22(36-18)31(6)7;1-14-8-10-16(18(12-14)29-7)21-24-25-22-17(20(23(2,3)4)26-28(21)22)13-15-9-11-19(30-15)27(5)6;1-22(2,3)19-14(12-13-10-11-17(30-13)27(4)5)20-24-25-21(28(20)26-19)18-15(23)8-7-9-16(18)29-6/h11-16H,9-10H2,1-8H3;8-13H,1-7H3;7-12H,1-6H3/b20-16-;17-13-;14-12-. The average molecular weight is 1350 g/mol. The minimum atomic E-state index is -0.427. The van der Waals surface area contributed by atoms with Gasteiger partial charge in [-0.15, -0.1) is 64.6 Å². The van der Waals surface area contributed by atoms with Gasteiger partial charge in [-0.2, -0.15) is 28.8 Å². The fourth-order valence-corrected chi connectivity index (χ4v) is 13.6. The molecule has 3 aromatic carbocycles. The van der Waals surface area contributed by atoms with Gasteiger partial charge in [0.15, 0.2) is 34.4 Å². The number of carbonyl (C=O) groups is 1. The number of halogens is 1. The van der Waals surface area contributed by atoms with E-state index in [0.29, 0.717) is 64.5 Å². The SMILES string of the molecule is CCN(CC)C(=O)c1ccc(OC)c(-c2nnc3/c(=C\c4ccc(N(C)C)s4)c(C(C)(C)C)nn23)c1.COc1cc(C)ccc1-c1nnc2/c(=C\c3ccc(N(C)C)s3)c(C(C)(C)C)nn12.COc1cccc(F)c1-c1nnc2/c(=C\c3ccc(N(C)C)s3)c(C(C)(C)C)nn12. The third kappa shape index (κ3) is 14.1. The van der Waals surface area contributed by atoms with E-state index in [9.17, 15) is 9.18 Å². The summed E-state index contributed by atoms with van der Waals surface area (Å²) in [5.41, 5.74) is 7.79. The Hall–Kier alpha value is -9.39. The molecule has 0 atom stereocenters. The van der Waals surface area contributed by atoms with Gasteiger partial charge in [0.05, 0.1) is 70.1 Å². The fraction of sp³-hybridized carbons (Fsp3) is 0.361. The molecule has 0 aliphatic carbocycles. The Bertz CT molecular complexity index is 4950. The van der Waals surface area contributed by atoms with Crippen LogP contribution in [0.2, 0.25) is 0 Å². The minimum absolute atomic E-state index is 0.0288. The van der Waals surface area contributed by atoms with Gasteiger partial charge in [-0.3, -0.25) is 4.79 Å². The number of amides is 1. The molecule has 502 valence electrons. The van der Waals surface area contributed by atoms with Crippen LogP contribution in [-0.2, 0) is 16.2 Å². The lowest BCUT2D eigenvalue weighted by Gasteiger charge is -2.19. The maximum absolute atomic E-state index is 14.7. The Morgan fingerprint density at radius 1 is 0.490 bits per heavy atom.